The summed E-state index contributed by atoms with van der Waals surface area (Å²) in [4.78, 5) is 16.4. The van der Waals surface area contributed by atoms with Gasteiger partial charge in [-0.05, 0) is 55.5 Å². The summed E-state index contributed by atoms with van der Waals surface area (Å²) in [5, 5.41) is 9.03. The van der Waals surface area contributed by atoms with Crippen LogP contribution in [-0.4, -0.2) is 32.3 Å². The van der Waals surface area contributed by atoms with Crippen LogP contribution in [0.5, 0.6) is 5.75 Å². The fourth-order valence-corrected chi connectivity index (χ4v) is 5.73. The number of thioether (sulfide) groups is 1. The molecule has 0 unspecified atom stereocenters. The zero-order chi connectivity index (χ0) is 20.5. The highest BCUT2D eigenvalue weighted by Crippen LogP contribution is 2.37. The number of fused-ring (bicyclic) bond motifs is 3. The minimum Gasteiger partial charge on any atom is -0.497 e. The van der Waals surface area contributed by atoms with Crippen LogP contribution in [0, 0.1) is 0 Å². The first-order valence-electron chi connectivity index (χ1n) is 9.97. The molecule has 3 N–H and O–H groups in total. The van der Waals surface area contributed by atoms with E-state index in [9.17, 15) is 0 Å². The SMILES string of the molecule is COc1ccc(-c2nc(SCc3nc(N)c4c5c(sc4n3)CCCCC5)n[nH]2)cc1. The van der Waals surface area contributed by atoms with Crippen LogP contribution in [0.1, 0.15) is 35.5 Å². The van der Waals surface area contributed by atoms with Gasteiger partial charge in [-0.3, -0.25) is 5.10 Å². The Labute approximate surface area is 182 Å². The van der Waals surface area contributed by atoms with Gasteiger partial charge in [0.15, 0.2) is 5.82 Å². The summed E-state index contributed by atoms with van der Waals surface area (Å²) in [5.41, 5.74) is 8.68. The Kier molecular flexibility index (Phi) is 5.30. The molecule has 0 fully saturated rings. The van der Waals surface area contributed by atoms with Gasteiger partial charge in [0.05, 0.1) is 18.2 Å². The number of nitrogens with one attached hydrogen (secondary N) is 1. The molecule has 0 saturated heterocycles. The smallest absolute Gasteiger partial charge is 0.209 e. The van der Waals surface area contributed by atoms with E-state index < -0.39 is 0 Å². The molecule has 30 heavy (non-hydrogen) atoms. The molecule has 0 amide bonds. The fourth-order valence-electron chi connectivity index (χ4n) is 3.79. The van der Waals surface area contributed by atoms with Gasteiger partial charge in [0, 0.05) is 10.4 Å². The largest absolute Gasteiger partial charge is 0.497 e. The average molecular weight is 439 g/mol. The maximum Gasteiger partial charge on any atom is 0.209 e. The van der Waals surface area contributed by atoms with Crippen LogP contribution in [0.2, 0.25) is 0 Å². The number of benzene rings is 1. The first-order valence-corrected chi connectivity index (χ1v) is 11.8. The van der Waals surface area contributed by atoms with Gasteiger partial charge in [-0.1, -0.05) is 18.2 Å². The number of aryl methyl sites for hydroxylation is 2. The summed E-state index contributed by atoms with van der Waals surface area (Å²) in [6.07, 6.45) is 5.97. The second kappa shape index (κ2) is 8.23. The molecule has 9 heteroatoms. The number of aromatic nitrogens is 5. The van der Waals surface area contributed by atoms with Crippen molar-refractivity contribution in [1.82, 2.24) is 25.1 Å². The molecule has 4 aromatic rings. The number of H-pyrrole nitrogens is 1. The Balaban J connectivity index is 1.33. The Morgan fingerprint density at radius 1 is 1.10 bits per heavy atom. The molecule has 5 rings (SSSR count). The molecule has 3 heterocycles. The molecule has 1 aliphatic rings. The van der Waals surface area contributed by atoms with Gasteiger partial charge in [-0.2, -0.15) is 0 Å². The fraction of sp³-hybridized carbons (Fsp3) is 0.333. The minimum absolute atomic E-state index is 0.572. The van der Waals surface area contributed by atoms with E-state index in [0.29, 0.717) is 16.7 Å². The second-order valence-corrected chi connectivity index (χ2v) is 9.28. The predicted molar refractivity (Wildman–Crippen MR) is 121 cm³/mol. The van der Waals surface area contributed by atoms with Crippen molar-refractivity contribution in [3.05, 3.63) is 40.5 Å². The van der Waals surface area contributed by atoms with Gasteiger partial charge in [-0.15, -0.1) is 16.4 Å². The number of methoxy groups -OCH3 is 1. The maximum absolute atomic E-state index is 6.35. The van der Waals surface area contributed by atoms with Crippen molar-refractivity contribution in [3.63, 3.8) is 0 Å². The summed E-state index contributed by atoms with van der Waals surface area (Å²) in [7, 11) is 1.65. The number of nitrogens with zero attached hydrogens (tertiary/aromatic N) is 4. The zero-order valence-corrected chi connectivity index (χ0v) is 18.3. The standard InChI is InChI=1S/C21H22N6OS2/c1-28-13-9-7-12(8-10-13)19-25-21(27-26-19)29-11-16-23-18(22)17-14-5-3-2-4-6-15(14)30-20(17)24-16/h7-10H,2-6,11H2,1H3,(H2,22,23,24)(H,25,26,27). The summed E-state index contributed by atoms with van der Waals surface area (Å²) >= 11 is 3.28. The monoisotopic (exact) mass is 438 g/mol. The maximum atomic E-state index is 6.35. The van der Waals surface area contributed by atoms with Crippen LogP contribution in [0.3, 0.4) is 0 Å². The Morgan fingerprint density at radius 2 is 1.93 bits per heavy atom. The summed E-state index contributed by atoms with van der Waals surface area (Å²) < 4.78 is 5.20. The highest BCUT2D eigenvalue weighted by atomic mass is 32.2. The molecule has 1 aliphatic carbocycles. The number of nitrogens with two attached hydrogens (primary N) is 1. The number of anilines is 1. The third kappa shape index (κ3) is 3.75. The third-order valence-electron chi connectivity index (χ3n) is 5.30. The van der Waals surface area contributed by atoms with Gasteiger partial charge in [0.1, 0.15) is 22.2 Å². The van der Waals surface area contributed by atoms with Crippen molar-refractivity contribution < 1.29 is 4.74 Å². The van der Waals surface area contributed by atoms with E-state index in [1.54, 1.807) is 18.4 Å². The highest BCUT2D eigenvalue weighted by molar-refractivity contribution is 7.98. The predicted octanol–water partition coefficient (Wildman–Crippen LogP) is 4.63. The van der Waals surface area contributed by atoms with Gasteiger partial charge < -0.3 is 10.5 Å². The molecule has 0 bridgehead atoms. The van der Waals surface area contributed by atoms with Gasteiger partial charge >= 0.3 is 0 Å². The van der Waals surface area contributed by atoms with Gasteiger partial charge in [0.2, 0.25) is 5.16 Å². The lowest BCUT2D eigenvalue weighted by atomic mass is 10.1. The Bertz CT molecular complexity index is 1180. The van der Waals surface area contributed by atoms with Crippen LogP contribution in [-0.2, 0) is 18.6 Å². The average Bonchev–Trinajstić information content (AvgIpc) is 3.31. The van der Waals surface area contributed by atoms with Crippen molar-refractivity contribution in [3.8, 4) is 17.1 Å². The molecule has 0 radical (unpaired) electrons. The Morgan fingerprint density at radius 3 is 2.77 bits per heavy atom. The van der Waals surface area contributed by atoms with E-state index in [0.717, 1.165) is 46.0 Å². The van der Waals surface area contributed by atoms with E-state index in [2.05, 4.69) is 20.2 Å². The lowest BCUT2D eigenvalue weighted by molar-refractivity contribution is 0.415. The zero-order valence-electron chi connectivity index (χ0n) is 16.6. The molecule has 3 aromatic heterocycles. The van der Waals surface area contributed by atoms with E-state index in [4.69, 9.17) is 15.5 Å². The number of hydrogen-bond donors (Lipinski definition) is 2. The van der Waals surface area contributed by atoms with E-state index in [-0.39, 0.29) is 0 Å². The third-order valence-corrected chi connectivity index (χ3v) is 7.33. The number of nitrogen functional groups attached to an aromatic ring is 1. The van der Waals surface area contributed by atoms with Crippen molar-refractivity contribution in [2.45, 2.75) is 43.0 Å². The second-order valence-electron chi connectivity index (χ2n) is 7.25. The van der Waals surface area contributed by atoms with E-state index >= 15 is 0 Å². The number of hydrogen-bond acceptors (Lipinski definition) is 8. The molecule has 0 saturated carbocycles. The molecule has 0 atom stereocenters. The Hall–Kier alpha value is -2.65. The molecule has 0 aliphatic heterocycles. The van der Waals surface area contributed by atoms with Gasteiger partial charge in [-0.25, -0.2) is 15.0 Å². The van der Waals surface area contributed by atoms with Crippen LogP contribution in [0.25, 0.3) is 21.6 Å². The summed E-state index contributed by atoms with van der Waals surface area (Å²) in [5.74, 6) is 3.42. The molecule has 1 aromatic carbocycles. The molecule has 7 nitrogen and oxygen atoms in total. The number of ether oxygens (including phenoxy) is 1. The topological polar surface area (TPSA) is 103 Å². The summed E-state index contributed by atoms with van der Waals surface area (Å²) in [6, 6.07) is 7.71. The van der Waals surface area contributed by atoms with Crippen LogP contribution in [0.15, 0.2) is 29.4 Å². The lowest BCUT2D eigenvalue weighted by Crippen LogP contribution is -2.00. The van der Waals surface area contributed by atoms with Crippen LogP contribution in [0.4, 0.5) is 5.82 Å². The molecule has 0 spiro atoms. The van der Waals surface area contributed by atoms with Crippen molar-refractivity contribution in [2.75, 3.05) is 12.8 Å². The van der Waals surface area contributed by atoms with Crippen LogP contribution >= 0.6 is 23.1 Å². The minimum atomic E-state index is 0.572. The van der Waals surface area contributed by atoms with Crippen molar-refractivity contribution >= 4 is 39.1 Å². The summed E-state index contributed by atoms with van der Waals surface area (Å²) in [6.45, 7) is 0. The van der Waals surface area contributed by atoms with E-state index in [1.807, 2.05) is 24.3 Å². The molecular formula is C21H22N6OS2. The van der Waals surface area contributed by atoms with Crippen molar-refractivity contribution in [1.29, 1.82) is 0 Å². The molecular weight excluding hydrogens is 416 g/mol. The number of aromatic amines is 1. The number of rotatable bonds is 5. The molecule has 154 valence electrons. The first kappa shape index (κ1) is 19.3. The van der Waals surface area contributed by atoms with Crippen molar-refractivity contribution in [2.24, 2.45) is 0 Å². The number of thiophene rings is 1. The first-order chi connectivity index (χ1) is 14.7. The lowest BCUT2D eigenvalue weighted by Gasteiger charge is -2.03. The quantitative estimate of drug-likeness (QED) is 0.346. The van der Waals surface area contributed by atoms with Gasteiger partial charge in [0.25, 0.3) is 0 Å². The normalized spacial score (nSPS) is 13.9. The van der Waals surface area contributed by atoms with E-state index in [1.165, 1.54) is 41.5 Å². The van der Waals surface area contributed by atoms with Crippen LogP contribution < -0.4 is 10.5 Å². The highest BCUT2D eigenvalue weighted by Gasteiger charge is 2.19.